The van der Waals surface area contributed by atoms with Gasteiger partial charge in [-0.1, -0.05) is 6.92 Å². The molecule has 0 saturated carbocycles. The van der Waals surface area contributed by atoms with Gasteiger partial charge in [-0.2, -0.15) is 0 Å². The Morgan fingerprint density at radius 3 is 2.25 bits per heavy atom. The Kier molecular flexibility index (Phi) is 7.51. The Morgan fingerprint density at radius 2 is 1.75 bits per heavy atom. The van der Waals surface area contributed by atoms with Gasteiger partial charge in [-0.05, 0) is 52.9 Å². The van der Waals surface area contributed by atoms with Gasteiger partial charge in [0.1, 0.15) is 11.7 Å². The molecule has 0 bridgehead atoms. The number of hydrogen-bond donors (Lipinski definition) is 0. The van der Waals surface area contributed by atoms with Crippen LogP contribution in [0, 0.1) is 5.92 Å². The number of likely N-dealkylation sites (tertiary alicyclic amines) is 1. The molecule has 138 valence electrons. The molecule has 0 aromatic heterocycles. The number of esters is 1. The van der Waals surface area contributed by atoms with Crippen LogP contribution in [0.15, 0.2) is 0 Å². The van der Waals surface area contributed by atoms with Crippen molar-refractivity contribution in [1.82, 2.24) is 4.90 Å². The van der Waals surface area contributed by atoms with E-state index in [-0.39, 0.29) is 24.5 Å². The monoisotopic (exact) mass is 343 g/mol. The number of carbonyl (C=O) groups is 3. The molecule has 24 heavy (non-hydrogen) atoms. The van der Waals surface area contributed by atoms with Crippen LogP contribution in [0.4, 0.5) is 9.59 Å². The third-order valence-corrected chi connectivity index (χ3v) is 3.79. The SMILES string of the molecule is CCC(C)OC(=O)OC(=O)CC1CCN(C(=O)OC(C)(C)C)CC1. The number of ether oxygens (including phenoxy) is 3. The summed E-state index contributed by atoms with van der Waals surface area (Å²) in [5.74, 6) is -0.494. The summed E-state index contributed by atoms with van der Waals surface area (Å²) in [6.45, 7) is 10.1. The fourth-order valence-electron chi connectivity index (χ4n) is 2.29. The summed E-state index contributed by atoms with van der Waals surface area (Å²) in [5.41, 5.74) is -0.520. The molecule has 7 heteroatoms. The van der Waals surface area contributed by atoms with E-state index >= 15 is 0 Å². The predicted octanol–water partition coefficient (Wildman–Crippen LogP) is 3.50. The van der Waals surface area contributed by atoms with Crippen molar-refractivity contribution in [3.63, 3.8) is 0 Å². The molecule has 1 heterocycles. The van der Waals surface area contributed by atoms with E-state index in [0.717, 1.165) is 0 Å². The number of rotatable bonds is 4. The molecular weight excluding hydrogens is 314 g/mol. The summed E-state index contributed by atoms with van der Waals surface area (Å²) in [6, 6.07) is 0. The van der Waals surface area contributed by atoms with Gasteiger partial charge in [-0.3, -0.25) is 4.79 Å². The lowest BCUT2D eigenvalue weighted by Gasteiger charge is -2.33. The molecule has 1 aliphatic rings. The van der Waals surface area contributed by atoms with E-state index in [1.165, 1.54) is 0 Å². The predicted molar refractivity (Wildman–Crippen MR) is 87.5 cm³/mol. The first-order valence-electron chi connectivity index (χ1n) is 8.50. The van der Waals surface area contributed by atoms with Crippen LogP contribution >= 0.6 is 0 Å². The van der Waals surface area contributed by atoms with Gasteiger partial charge in [0.2, 0.25) is 0 Å². The summed E-state index contributed by atoms with van der Waals surface area (Å²) in [4.78, 5) is 36.8. The lowest BCUT2D eigenvalue weighted by Crippen LogP contribution is -2.42. The van der Waals surface area contributed by atoms with Gasteiger partial charge in [-0.25, -0.2) is 9.59 Å². The molecule has 1 aliphatic heterocycles. The molecule has 1 fully saturated rings. The van der Waals surface area contributed by atoms with Crippen LogP contribution in [-0.4, -0.2) is 47.9 Å². The normalized spacial score (nSPS) is 17.1. The fraction of sp³-hybridized carbons (Fsp3) is 0.824. The Labute approximate surface area is 143 Å². The van der Waals surface area contributed by atoms with Crippen molar-refractivity contribution in [2.75, 3.05) is 13.1 Å². The number of carbonyl (C=O) groups excluding carboxylic acids is 3. The molecule has 0 radical (unpaired) electrons. The maximum atomic E-state index is 12.0. The third-order valence-electron chi connectivity index (χ3n) is 3.79. The van der Waals surface area contributed by atoms with E-state index in [1.807, 2.05) is 27.7 Å². The first-order chi connectivity index (χ1) is 11.1. The van der Waals surface area contributed by atoms with Crippen molar-refractivity contribution < 1.29 is 28.6 Å². The zero-order valence-corrected chi connectivity index (χ0v) is 15.3. The van der Waals surface area contributed by atoms with E-state index in [4.69, 9.17) is 9.47 Å². The summed E-state index contributed by atoms with van der Waals surface area (Å²) >= 11 is 0. The Balaban J connectivity index is 2.31. The molecule has 0 aromatic rings. The summed E-state index contributed by atoms with van der Waals surface area (Å²) in [5, 5.41) is 0. The Morgan fingerprint density at radius 1 is 1.17 bits per heavy atom. The van der Waals surface area contributed by atoms with Crippen molar-refractivity contribution in [3.05, 3.63) is 0 Å². The van der Waals surface area contributed by atoms with Crippen LogP contribution in [-0.2, 0) is 19.0 Å². The second-order valence-corrected chi connectivity index (χ2v) is 7.18. The molecule has 0 aliphatic carbocycles. The van der Waals surface area contributed by atoms with E-state index in [0.29, 0.717) is 32.4 Å². The lowest BCUT2D eigenvalue weighted by molar-refractivity contribution is -0.141. The van der Waals surface area contributed by atoms with Gasteiger partial charge >= 0.3 is 18.2 Å². The minimum Gasteiger partial charge on any atom is -0.444 e. The van der Waals surface area contributed by atoms with Gasteiger partial charge in [-0.15, -0.1) is 0 Å². The minimum absolute atomic E-state index is 0.0904. The lowest BCUT2D eigenvalue weighted by atomic mass is 9.94. The molecule has 0 spiro atoms. The van der Waals surface area contributed by atoms with Crippen LogP contribution < -0.4 is 0 Å². The second kappa shape index (κ2) is 8.89. The third kappa shape index (κ3) is 7.66. The van der Waals surface area contributed by atoms with Crippen LogP contribution in [0.1, 0.15) is 60.3 Å². The van der Waals surface area contributed by atoms with E-state index < -0.39 is 17.7 Å². The molecular formula is C17H29NO6. The van der Waals surface area contributed by atoms with E-state index in [1.54, 1.807) is 11.8 Å². The molecule has 0 aromatic carbocycles. The van der Waals surface area contributed by atoms with Gasteiger partial charge in [0.25, 0.3) is 0 Å². The fourth-order valence-corrected chi connectivity index (χ4v) is 2.29. The average Bonchev–Trinajstić information content (AvgIpc) is 2.45. The molecule has 0 N–H and O–H groups in total. The maximum Gasteiger partial charge on any atom is 0.516 e. The highest BCUT2D eigenvalue weighted by Gasteiger charge is 2.28. The standard InChI is InChI=1S/C17H29NO6/c1-6-12(2)22-16(21)23-14(19)11-13-7-9-18(10-8-13)15(20)24-17(3,4)5/h12-13H,6-11H2,1-5H3. The van der Waals surface area contributed by atoms with Crippen molar-refractivity contribution in [2.45, 2.75) is 72.0 Å². The Hall–Kier alpha value is -1.79. The first-order valence-corrected chi connectivity index (χ1v) is 8.50. The van der Waals surface area contributed by atoms with Gasteiger partial charge in [0.15, 0.2) is 0 Å². The summed E-state index contributed by atoms with van der Waals surface area (Å²) < 4.78 is 14.9. The van der Waals surface area contributed by atoms with Gasteiger partial charge in [0, 0.05) is 19.5 Å². The van der Waals surface area contributed by atoms with Crippen LogP contribution in [0.2, 0.25) is 0 Å². The highest BCUT2D eigenvalue weighted by atomic mass is 16.7. The van der Waals surface area contributed by atoms with Crippen molar-refractivity contribution in [1.29, 1.82) is 0 Å². The van der Waals surface area contributed by atoms with Crippen molar-refractivity contribution in [2.24, 2.45) is 5.92 Å². The average molecular weight is 343 g/mol. The second-order valence-electron chi connectivity index (χ2n) is 7.18. The van der Waals surface area contributed by atoms with Gasteiger partial charge in [0.05, 0.1) is 0 Å². The summed E-state index contributed by atoms with van der Waals surface area (Å²) in [6.07, 6.45) is 0.608. The van der Waals surface area contributed by atoms with E-state index in [9.17, 15) is 14.4 Å². The molecule has 1 unspecified atom stereocenters. The largest absolute Gasteiger partial charge is 0.516 e. The topological polar surface area (TPSA) is 82.1 Å². The smallest absolute Gasteiger partial charge is 0.444 e. The first kappa shape index (κ1) is 20.3. The number of nitrogens with zero attached hydrogens (tertiary/aromatic N) is 1. The maximum absolute atomic E-state index is 12.0. The van der Waals surface area contributed by atoms with Crippen LogP contribution in [0.25, 0.3) is 0 Å². The zero-order chi connectivity index (χ0) is 18.3. The molecule has 1 rings (SSSR count). The molecule has 1 saturated heterocycles. The highest BCUT2D eigenvalue weighted by Crippen LogP contribution is 2.22. The number of amides is 1. The van der Waals surface area contributed by atoms with Crippen LogP contribution in [0.3, 0.4) is 0 Å². The quantitative estimate of drug-likeness (QED) is 0.574. The number of piperidine rings is 1. The van der Waals surface area contributed by atoms with Gasteiger partial charge < -0.3 is 19.1 Å². The van der Waals surface area contributed by atoms with Crippen molar-refractivity contribution in [3.8, 4) is 0 Å². The van der Waals surface area contributed by atoms with Crippen molar-refractivity contribution >= 4 is 18.2 Å². The Bertz CT molecular complexity index is 448. The zero-order valence-electron chi connectivity index (χ0n) is 15.3. The molecule has 1 amide bonds. The molecule has 7 nitrogen and oxygen atoms in total. The van der Waals surface area contributed by atoms with Crippen LogP contribution in [0.5, 0.6) is 0 Å². The summed E-state index contributed by atoms with van der Waals surface area (Å²) in [7, 11) is 0. The van der Waals surface area contributed by atoms with E-state index in [2.05, 4.69) is 4.74 Å². The highest BCUT2D eigenvalue weighted by molar-refractivity contribution is 5.82. The molecule has 1 atom stereocenters. The number of hydrogen-bond acceptors (Lipinski definition) is 6. The minimum atomic E-state index is -0.944.